The van der Waals surface area contributed by atoms with Gasteiger partial charge in [-0.15, -0.1) is 0 Å². The van der Waals surface area contributed by atoms with Gasteiger partial charge in [-0.25, -0.2) is 5.43 Å². The van der Waals surface area contributed by atoms with E-state index in [2.05, 4.69) is 48.1 Å². The number of hydrazone groups is 1. The molecule has 1 heterocycles. The molecular formula is C21H27N5O3. The topological polar surface area (TPSA) is 101 Å². The molecule has 1 aromatic heterocycles. The summed E-state index contributed by atoms with van der Waals surface area (Å²) in [4.78, 5) is 29.0. The van der Waals surface area contributed by atoms with Gasteiger partial charge in [-0.05, 0) is 30.0 Å². The van der Waals surface area contributed by atoms with Crippen LogP contribution in [0.3, 0.4) is 0 Å². The van der Waals surface area contributed by atoms with Gasteiger partial charge in [-0.3, -0.25) is 19.9 Å². The molecule has 0 aliphatic carbocycles. The lowest BCUT2D eigenvalue weighted by atomic mass is 10.1. The zero-order valence-corrected chi connectivity index (χ0v) is 17.2. The van der Waals surface area contributed by atoms with E-state index in [0.29, 0.717) is 23.0 Å². The van der Waals surface area contributed by atoms with E-state index in [1.807, 2.05) is 0 Å². The van der Waals surface area contributed by atoms with Crippen molar-refractivity contribution in [2.75, 3.05) is 18.0 Å². The van der Waals surface area contributed by atoms with Crippen molar-refractivity contribution in [1.29, 1.82) is 0 Å². The van der Waals surface area contributed by atoms with E-state index in [-0.39, 0.29) is 11.6 Å². The molecule has 0 bridgehead atoms. The number of hydrogen-bond donors (Lipinski definition) is 1. The molecule has 0 atom stereocenters. The lowest BCUT2D eigenvalue weighted by Gasteiger charge is -2.29. The molecule has 0 aliphatic rings. The van der Waals surface area contributed by atoms with Gasteiger partial charge in [0.2, 0.25) is 0 Å². The predicted molar refractivity (Wildman–Crippen MR) is 114 cm³/mol. The Kier molecular flexibility index (Phi) is 7.82. The van der Waals surface area contributed by atoms with Gasteiger partial charge in [-0.2, -0.15) is 5.10 Å². The first-order chi connectivity index (χ1) is 13.8. The van der Waals surface area contributed by atoms with Gasteiger partial charge in [0.15, 0.2) is 0 Å². The van der Waals surface area contributed by atoms with Crippen LogP contribution < -0.4 is 10.3 Å². The number of carbonyl (C=O) groups is 1. The summed E-state index contributed by atoms with van der Waals surface area (Å²) in [6.07, 6.45) is 4.50. The summed E-state index contributed by atoms with van der Waals surface area (Å²) >= 11 is 0. The quantitative estimate of drug-likeness (QED) is 0.393. The number of nitrogens with one attached hydrogen (secondary N) is 1. The van der Waals surface area contributed by atoms with E-state index in [4.69, 9.17) is 0 Å². The van der Waals surface area contributed by atoms with Crippen LogP contribution in [0.25, 0.3) is 0 Å². The van der Waals surface area contributed by atoms with Crippen molar-refractivity contribution in [3.63, 3.8) is 0 Å². The lowest BCUT2D eigenvalue weighted by molar-refractivity contribution is -0.384. The average Bonchev–Trinajstić information content (AvgIpc) is 2.67. The molecule has 29 heavy (non-hydrogen) atoms. The van der Waals surface area contributed by atoms with Crippen molar-refractivity contribution in [2.24, 2.45) is 16.9 Å². The van der Waals surface area contributed by atoms with E-state index in [0.717, 1.165) is 18.8 Å². The van der Waals surface area contributed by atoms with Crippen LogP contribution in [0.5, 0.6) is 0 Å². The maximum atomic E-state index is 12.1. The molecule has 0 saturated heterocycles. The first kappa shape index (κ1) is 22.0. The predicted octanol–water partition coefficient (Wildman–Crippen LogP) is 3.87. The van der Waals surface area contributed by atoms with Crippen molar-refractivity contribution in [3.8, 4) is 0 Å². The fourth-order valence-corrected chi connectivity index (χ4v) is 2.93. The molecule has 1 N–H and O–H groups in total. The number of benzene rings is 1. The monoisotopic (exact) mass is 397 g/mol. The summed E-state index contributed by atoms with van der Waals surface area (Å²) in [5.41, 5.74) is 4.29. The number of carbonyl (C=O) groups excluding carboxylic acids is 1. The molecule has 2 rings (SSSR count). The number of nitrogens with zero attached hydrogens (tertiary/aromatic N) is 4. The first-order valence-electron chi connectivity index (χ1n) is 9.54. The minimum atomic E-state index is -0.439. The maximum Gasteiger partial charge on any atom is 0.271 e. The van der Waals surface area contributed by atoms with Crippen LogP contribution >= 0.6 is 0 Å². The largest absolute Gasteiger partial charge is 0.370 e. The average molecular weight is 397 g/mol. The number of pyridine rings is 1. The molecule has 0 radical (unpaired) electrons. The maximum absolute atomic E-state index is 12.1. The minimum absolute atomic E-state index is 0.0234. The molecule has 0 aliphatic heterocycles. The second kappa shape index (κ2) is 10.3. The summed E-state index contributed by atoms with van der Waals surface area (Å²) < 4.78 is 0. The van der Waals surface area contributed by atoms with Gasteiger partial charge >= 0.3 is 0 Å². The van der Waals surface area contributed by atoms with Crippen molar-refractivity contribution in [3.05, 3.63) is 64.0 Å². The van der Waals surface area contributed by atoms with Crippen molar-refractivity contribution in [2.45, 2.75) is 27.7 Å². The molecular weight excluding hydrogens is 370 g/mol. The highest BCUT2D eigenvalue weighted by molar-refractivity contribution is 5.95. The Morgan fingerprint density at radius 1 is 1.17 bits per heavy atom. The van der Waals surface area contributed by atoms with Crippen molar-refractivity contribution < 1.29 is 9.72 Å². The van der Waals surface area contributed by atoms with E-state index >= 15 is 0 Å². The highest BCUT2D eigenvalue weighted by Crippen LogP contribution is 2.26. The van der Waals surface area contributed by atoms with Crippen LogP contribution in [0.4, 0.5) is 11.4 Å². The highest BCUT2D eigenvalue weighted by Gasteiger charge is 2.17. The molecule has 1 aromatic carbocycles. The Hall–Kier alpha value is -3.29. The fourth-order valence-electron chi connectivity index (χ4n) is 2.93. The summed E-state index contributed by atoms with van der Waals surface area (Å²) in [5.74, 6) is 0.456. The lowest BCUT2D eigenvalue weighted by Crippen LogP contribution is -2.32. The summed E-state index contributed by atoms with van der Waals surface area (Å²) in [5, 5.41) is 15.3. The third kappa shape index (κ3) is 6.67. The molecule has 0 spiro atoms. The number of non-ortho nitro benzene ring substituents is 1. The minimum Gasteiger partial charge on any atom is -0.370 e. The molecule has 0 unspecified atom stereocenters. The third-order valence-corrected chi connectivity index (χ3v) is 4.05. The second-order valence-corrected chi connectivity index (χ2v) is 7.63. The smallest absolute Gasteiger partial charge is 0.271 e. The van der Waals surface area contributed by atoms with Crippen LogP contribution in [0.1, 0.15) is 43.6 Å². The highest BCUT2D eigenvalue weighted by atomic mass is 16.6. The standard InChI is InChI=1S/C21H27N5O3/c1-15(2)13-25(14-16(3)4)20-6-5-19(26(28)29)11-18(20)12-23-24-21(27)17-7-9-22-10-8-17/h5-12,15-16H,13-14H2,1-4H3,(H,24,27)/b23-12-. The van der Waals surface area contributed by atoms with Gasteiger partial charge in [0.25, 0.3) is 11.6 Å². The van der Waals surface area contributed by atoms with Crippen LogP contribution in [0.2, 0.25) is 0 Å². The molecule has 154 valence electrons. The fraction of sp³-hybridized carbons (Fsp3) is 0.381. The molecule has 8 nitrogen and oxygen atoms in total. The second-order valence-electron chi connectivity index (χ2n) is 7.63. The normalized spacial score (nSPS) is 11.2. The molecule has 1 amide bonds. The first-order valence-corrected chi connectivity index (χ1v) is 9.54. The zero-order valence-electron chi connectivity index (χ0n) is 17.2. The van der Waals surface area contributed by atoms with Gasteiger partial charge in [0.1, 0.15) is 0 Å². The van der Waals surface area contributed by atoms with Gasteiger partial charge < -0.3 is 4.90 Å². The van der Waals surface area contributed by atoms with Crippen molar-refractivity contribution >= 4 is 23.5 Å². The molecule has 2 aromatic rings. The number of amides is 1. The number of hydrogen-bond acceptors (Lipinski definition) is 6. The zero-order chi connectivity index (χ0) is 21.4. The summed E-state index contributed by atoms with van der Waals surface area (Å²) in [7, 11) is 0. The van der Waals surface area contributed by atoms with Gasteiger partial charge in [0, 0.05) is 54.4 Å². The number of rotatable bonds is 9. The Morgan fingerprint density at radius 3 is 2.34 bits per heavy atom. The van der Waals surface area contributed by atoms with E-state index in [1.165, 1.54) is 30.7 Å². The Bertz CT molecular complexity index is 856. The molecule has 0 fully saturated rings. The van der Waals surface area contributed by atoms with E-state index in [1.54, 1.807) is 18.2 Å². The number of aromatic nitrogens is 1. The van der Waals surface area contributed by atoms with Crippen LogP contribution in [0.15, 0.2) is 47.8 Å². The van der Waals surface area contributed by atoms with Crippen LogP contribution in [-0.4, -0.2) is 35.1 Å². The van der Waals surface area contributed by atoms with Gasteiger partial charge in [0.05, 0.1) is 11.1 Å². The third-order valence-electron chi connectivity index (χ3n) is 4.05. The SMILES string of the molecule is CC(C)CN(CC(C)C)c1ccc([N+](=O)[O-])cc1/C=N\NC(=O)c1ccncc1. The molecule has 0 saturated carbocycles. The number of nitro benzene ring substituents is 1. The number of nitro groups is 1. The summed E-state index contributed by atoms with van der Waals surface area (Å²) in [6.45, 7) is 10.1. The van der Waals surface area contributed by atoms with Gasteiger partial charge in [-0.1, -0.05) is 27.7 Å². The Morgan fingerprint density at radius 2 is 1.79 bits per heavy atom. The van der Waals surface area contributed by atoms with Crippen molar-refractivity contribution in [1.82, 2.24) is 10.4 Å². The number of anilines is 1. The molecule has 8 heteroatoms. The Labute approximate surface area is 170 Å². The van der Waals surface area contributed by atoms with Crippen LogP contribution in [-0.2, 0) is 0 Å². The summed E-state index contributed by atoms with van der Waals surface area (Å²) in [6, 6.07) is 7.88. The Balaban J connectivity index is 2.32. The van der Waals surface area contributed by atoms with E-state index in [9.17, 15) is 14.9 Å². The van der Waals surface area contributed by atoms with Crippen LogP contribution in [0, 0.1) is 22.0 Å². The van der Waals surface area contributed by atoms with E-state index < -0.39 is 4.92 Å².